The van der Waals surface area contributed by atoms with Crippen LogP contribution >= 0.6 is 0 Å². The Bertz CT molecular complexity index is 1240. The molecule has 2 N–H and O–H groups in total. The number of carboxylic acids is 1. The van der Waals surface area contributed by atoms with Gasteiger partial charge in [-0.05, 0) is 62.9 Å². The lowest BCUT2D eigenvalue weighted by molar-refractivity contribution is -0.145. The number of benzene rings is 1. The standard InChI is InChI=1S/C22H28N4O4S/c1-7-18-24-19-13(2)17(14(3)23-20(19)25-18)12-15-8-10-16(11-9-15)31(29,30)26(6)22(4,5)21(27)28/h8-11H,7,12H2,1-6H3,(H,27,28)(H,23,24,25). The van der Waals surface area contributed by atoms with E-state index < -0.39 is 21.5 Å². The zero-order valence-corrected chi connectivity index (χ0v) is 19.5. The van der Waals surface area contributed by atoms with Crippen molar-refractivity contribution in [1.82, 2.24) is 19.3 Å². The number of pyridine rings is 1. The smallest absolute Gasteiger partial charge is 0.324 e. The molecule has 9 heteroatoms. The molecular formula is C22H28N4O4S. The Morgan fingerprint density at radius 1 is 1.16 bits per heavy atom. The maximum atomic E-state index is 12.9. The summed E-state index contributed by atoms with van der Waals surface area (Å²) in [6.45, 7) is 8.73. The van der Waals surface area contributed by atoms with Crippen LogP contribution in [0.4, 0.5) is 0 Å². The Labute approximate surface area is 182 Å². The average molecular weight is 445 g/mol. The van der Waals surface area contributed by atoms with E-state index in [9.17, 15) is 18.3 Å². The number of H-pyrrole nitrogens is 1. The van der Waals surface area contributed by atoms with Crippen molar-refractivity contribution in [2.45, 2.75) is 57.9 Å². The predicted molar refractivity (Wildman–Crippen MR) is 119 cm³/mol. The Hall–Kier alpha value is -2.78. The highest BCUT2D eigenvalue weighted by molar-refractivity contribution is 7.89. The number of aromatic amines is 1. The maximum Gasteiger partial charge on any atom is 0.324 e. The summed E-state index contributed by atoms with van der Waals surface area (Å²) in [5.74, 6) is -0.320. The lowest BCUT2D eigenvalue weighted by atomic mass is 9.99. The molecule has 166 valence electrons. The quantitative estimate of drug-likeness (QED) is 0.578. The molecule has 0 spiro atoms. The molecule has 0 aliphatic rings. The summed E-state index contributed by atoms with van der Waals surface area (Å²) in [5.41, 5.74) is 4.04. The average Bonchev–Trinajstić information content (AvgIpc) is 3.14. The fraction of sp³-hybridized carbons (Fsp3) is 0.409. The van der Waals surface area contributed by atoms with Gasteiger partial charge in [-0.2, -0.15) is 4.31 Å². The number of carboxylic acid groups (broad SMARTS) is 1. The number of nitrogens with one attached hydrogen (secondary N) is 1. The summed E-state index contributed by atoms with van der Waals surface area (Å²) < 4.78 is 26.6. The van der Waals surface area contributed by atoms with E-state index in [-0.39, 0.29) is 4.90 Å². The van der Waals surface area contributed by atoms with Gasteiger partial charge in [-0.3, -0.25) is 4.79 Å². The van der Waals surface area contributed by atoms with Gasteiger partial charge in [-0.15, -0.1) is 0 Å². The van der Waals surface area contributed by atoms with Gasteiger partial charge < -0.3 is 10.1 Å². The number of likely N-dealkylation sites (N-methyl/N-ethyl adjacent to an activating group) is 1. The number of aliphatic carboxylic acids is 1. The van der Waals surface area contributed by atoms with Gasteiger partial charge in [0.25, 0.3) is 0 Å². The van der Waals surface area contributed by atoms with Crippen molar-refractivity contribution in [2.24, 2.45) is 0 Å². The molecule has 1 aromatic carbocycles. The molecule has 0 amide bonds. The second-order valence-electron chi connectivity index (χ2n) is 8.19. The molecule has 0 aliphatic heterocycles. The predicted octanol–water partition coefficient (Wildman–Crippen LogP) is 3.21. The van der Waals surface area contributed by atoms with Gasteiger partial charge >= 0.3 is 5.97 Å². The first-order valence-corrected chi connectivity index (χ1v) is 11.5. The number of hydrogen-bond donors (Lipinski definition) is 2. The van der Waals surface area contributed by atoms with Crippen LogP contribution in [0, 0.1) is 13.8 Å². The lowest BCUT2D eigenvalue weighted by Crippen LogP contribution is -2.50. The Morgan fingerprint density at radius 2 is 1.77 bits per heavy atom. The SMILES string of the molecule is CCc1nc2nc(C)c(Cc3ccc(S(=O)(=O)N(C)C(C)(C)C(=O)O)cc3)c(C)c2[nH]1. The molecule has 8 nitrogen and oxygen atoms in total. The Morgan fingerprint density at radius 3 is 2.32 bits per heavy atom. The molecule has 3 rings (SSSR count). The summed E-state index contributed by atoms with van der Waals surface area (Å²) in [4.78, 5) is 24.0. The van der Waals surface area contributed by atoms with Crippen molar-refractivity contribution in [3.05, 3.63) is 52.5 Å². The molecule has 0 atom stereocenters. The van der Waals surface area contributed by atoms with Crippen LogP contribution in [0.1, 0.15) is 49.0 Å². The van der Waals surface area contributed by atoms with Crippen LogP contribution in [0.5, 0.6) is 0 Å². The third-order valence-electron chi connectivity index (χ3n) is 5.88. The van der Waals surface area contributed by atoms with Crippen LogP contribution in [0.2, 0.25) is 0 Å². The molecule has 0 radical (unpaired) electrons. The van der Waals surface area contributed by atoms with Crippen LogP contribution in [0.25, 0.3) is 11.2 Å². The molecule has 0 saturated heterocycles. The Balaban J connectivity index is 1.92. The van der Waals surface area contributed by atoms with Gasteiger partial charge in [0.1, 0.15) is 11.4 Å². The fourth-order valence-electron chi connectivity index (χ4n) is 3.41. The number of hydrogen-bond acceptors (Lipinski definition) is 5. The van der Waals surface area contributed by atoms with Gasteiger partial charge in [0.15, 0.2) is 5.65 Å². The molecule has 2 heterocycles. The van der Waals surface area contributed by atoms with Crippen LogP contribution in [-0.2, 0) is 27.7 Å². The zero-order valence-electron chi connectivity index (χ0n) is 18.6. The number of aryl methyl sites for hydroxylation is 3. The maximum absolute atomic E-state index is 12.9. The number of fused-ring (bicyclic) bond motifs is 1. The van der Waals surface area contributed by atoms with Crippen molar-refractivity contribution in [3.63, 3.8) is 0 Å². The summed E-state index contributed by atoms with van der Waals surface area (Å²) in [7, 11) is -2.67. The molecule has 0 aliphatic carbocycles. The number of imidazole rings is 1. The van der Waals surface area contributed by atoms with Crippen LogP contribution in [-0.4, -0.2) is 51.3 Å². The highest BCUT2D eigenvalue weighted by atomic mass is 32.2. The summed E-state index contributed by atoms with van der Waals surface area (Å²) in [5, 5.41) is 9.36. The largest absolute Gasteiger partial charge is 0.480 e. The molecule has 0 bridgehead atoms. The van der Waals surface area contributed by atoms with Crippen molar-refractivity contribution >= 4 is 27.2 Å². The van der Waals surface area contributed by atoms with E-state index in [0.29, 0.717) is 12.1 Å². The van der Waals surface area contributed by atoms with Crippen molar-refractivity contribution in [1.29, 1.82) is 0 Å². The minimum absolute atomic E-state index is 0.0521. The first-order valence-electron chi connectivity index (χ1n) is 10.1. The van der Waals surface area contributed by atoms with E-state index in [0.717, 1.165) is 44.5 Å². The molecule has 2 aromatic heterocycles. The molecule has 31 heavy (non-hydrogen) atoms. The van der Waals surface area contributed by atoms with E-state index in [2.05, 4.69) is 15.0 Å². The molecule has 0 unspecified atom stereocenters. The van der Waals surface area contributed by atoms with Gasteiger partial charge in [-0.1, -0.05) is 19.1 Å². The zero-order chi connectivity index (χ0) is 23.1. The third kappa shape index (κ3) is 4.07. The monoisotopic (exact) mass is 444 g/mol. The first-order chi connectivity index (χ1) is 14.4. The van der Waals surface area contributed by atoms with Crippen LogP contribution in [0.15, 0.2) is 29.2 Å². The van der Waals surface area contributed by atoms with Gasteiger partial charge in [-0.25, -0.2) is 18.4 Å². The molecule has 0 fully saturated rings. The number of carbonyl (C=O) groups is 1. The number of sulfonamides is 1. The van der Waals surface area contributed by atoms with E-state index in [4.69, 9.17) is 0 Å². The van der Waals surface area contributed by atoms with Crippen molar-refractivity contribution in [3.8, 4) is 0 Å². The van der Waals surface area contributed by atoms with Gasteiger partial charge in [0.05, 0.1) is 10.4 Å². The normalized spacial score (nSPS) is 12.6. The van der Waals surface area contributed by atoms with E-state index in [1.54, 1.807) is 12.1 Å². The minimum Gasteiger partial charge on any atom is -0.480 e. The van der Waals surface area contributed by atoms with Gasteiger partial charge in [0, 0.05) is 19.2 Å². The lowest BCUT2D eigenvalue weighted by Gasteiger charge is -2.30. The van der Waals surface area contributed by atoms with Crippen LogP contribution < -0.4 is 0 Å². The second kappa shape index (κ2) is 8.05. The Kier molecular flexibility index (Phi) is 5.94. The third-order valence-corrected chi connectivity index (χ3v) is 7.93. The first kappa shape index (κ1) is 22.9. The summed E-state index contributed by atoms with van der Waals surface area (Å²) in [6.07, 6.45) is 1.39. The van der Waals surface area contributed by atoms with Crippen molar-refractivity contribution < 1.29 is 18.3 Å². The topological polar surface area (TPSA) is 116 Å². The van der Waals surface area contributed by atoms with Gasteiger partial charge in [0.2, 0.25) is 10.0 Å². The fourth-order valence-corrected chi connectivity index (χ4v) is 4.88. The molecule has 3 aromatic rings. The molecule has 0 saturated carbocycles. The highest BCUT2D eigenvalue weighted by Gasteiger charge is 2.40. The van der Waals surface area contributed by atoms with E-state index in [1.807, 2.05) is 20.8 Å². The minimum atomic E-state index is -3.95. The van der Waals surface area contributed by atoms with E-state index >= 15 is 0 Å². The van der Waals surface area contributed by atoms with E-state index in [1.165, 1.54) is 33.0 Å². The number of aromatic nitrogens is 3. The van der Waals surface area contributed by atoms with Crippen LogP contribution in [0.3, 0.4) is 0 Å². The summed E-state index contributed by atoms with van der Waals surface area (Å²) in [6, 6.07) is 6.53. The summed E-state index contributed by atoms with van der Waals surface area (Å²) >= 11 is 0. The highest BCUT2D eigenvalue weighted by Crippen LogP contribution is 2.26. The molecular weight excluding hydrogens is 416 g/mol. The number of rotatable bonds is 7. The number of nitrogens with zero attached hydrogens (tertiary/aromatic N) is 3. The second-order valence-corrected chi connectivity index (χ2v) is 10.2. The van der Waals surface area contributed by atoms with Crippen molar-refractivity contribution in [2.75, 3.05) is 7.05 Å².